The fourth-order valence-electron chi connectivity index (χ4n) is 3.03. The smallest absolute Gasteiger partial charge is 0.265 e. The molecule has 0 spiro atoms. The van der Waals surface area contributed by atoms with Gasteiger partial charge in [0.25, 0.3) is 15.9 Å². The van der Waals surface area contributed by atoms with E-state index in [2.05, 4.69) is 10.0 Å². The number of benzene rings is 3. The van der Waals surface area contributed by atoms with Gasteiger partial charge < -0.3 is 19.5 Å². The van der Waals surface area contributed by atoms with E-state index >= 15 is 0 Å². The number of anilines is 2. The van der Waals surface area contributed by atoms with Gasteiger partial charge in [0.05, 0.1) is 24.8 Å². The van der Waals surface area contributed by atoms with Gasteiger partial charge in [-0.1, -0.05) is 18.5 Å². The summed E-state index contributed by atoms with van der Waals surface area (Å²) in [5, 5.41) is 3.31. The molecular formula is C24H25ClN2O6S. The van der Waals surface area contributed by atoms with Crippen LogP contribution >= 0.6 is 11.6 Å². The maximum atomic E-state index is 12.8. The Balaban J connectivity index is 1.68. The van der Waals surface area contributed by atoms with Gasteiger partial charge in [-0.05, 0) is 67.1 Å². The molecule has 34 heavy (non-hydrogen) atoms. The SMILES string of the molecule is CC[C@H](Oc1ccc(Cl)cc1)C(=O)Nc1ccc(S(=O)(=O)Nc2ccc(OC)cc2OC)cc1. The van der Waals surface area contributed by atoms with Gasteiger partial charge in [-0.2, -0.15) is 0 Å². The van der Waals surface area contributed by atoms with Gasteiger partial charge in [0, 0.05) is 16.8 Å². The van der Waals surface area contributed by atoms with E-state index in [1.165, 1.54) is 38.5 Å². The summed E-state index contributed by atoms with van der Waals surface area (Å²) in [7, 11) is -0.955. The summed E-state index contributed by atoms with van der Waals surface area (Å²) in [6.07, 6.45) is -0.289. The maximum absolute atomic E-state index is 12.8. The summed E-state index contributed by atoms with van der Waals surface area (Å²) in [6.45, 7) is 1.83. The van der Waals surface area contributed by atoms with E-state index in [-0.39, 0.29) is 16.5 Å². The molecule has 0 fully saturated rings. The molecule has 0 aliphatic carbocycles. The second-order valence-electron chi connectivity index (χ2n) is 7.15. The van der Waals surface area contributed by atoms with Crippen LogP contribution in [0.3, 0.4) is 0 Å². The second-order valence-corrected chi connectivity index (χ2v) is 9.27. The molecular weight excluding hydrogens is 480 g/mol. The van der Waals surface area contributed by atoms with Crippen LogP contribution in [-0.4, -0.2) is 34.6 Å². The predicted molar refractivity (Wildman–Crippen MR) is 132 cm³/mol. The van der Waals surface area contributed by atoms with Crippen LogP contribution in [-0.2, 0) is 14.8 Å². The van der Waals surface area contributed by atoms with Gasteiger partial charge in [-0.15, -0.1) is 0 Å². The normalized spacial score (nSPS) is 11.9. The standard InChI is InChI=1S/C24H25ClN2O6S/c1-4-22(33-18-9-5-16(25)6-10-18)24(28)26-17-7-12-20(13-8-17)34(29,30)27-21-14-11-19(31-2)15-23(21)32-3/h5-15,22,27H,4H2,1-3H3,(H,26,28)/t22-/m0/s1. The monoisotopic (exact) mass is 504 g/mol. The Labute approximate surface area is 203 Å². The summed E-state index contributed by atoms with van der Waals surface area (Å²) in [6, 6.07) is 17.3. The van der Waals surface area contributed by atoms with Gasteiger partial charge in [0.1, 0.15) is 17.2 Å². The molecule has 0 aliphatic heterocycles. The van der Waals surface area contributed by atoms with Crippen molar-refractivity contribution in [2.45, 2.75) is 24.3 Å². The lowest BCUT2D eigenvalue weighted by Crippen LogP contribution is -2.32. The van der Waals surface area contributed by atoms with Crippen LogP contribution in [0.1, 0.15) is 13.3 Å². The molecule has 3 aromatic rings. The van der Waals surface area contributed by atoms with Crippen LogP contribution in [0.25, 0.3) is 0 Å². The molecule has 3 rings (SSSR count). The molecule has 1 amide bonds. The maximum Gasteiger partial charge on any atom is 0.265 e. The minimum atomic E-state index is -3.89. The Hall–Kier alpha value is -3.43. The van der Waals surface area contributed by atoms with Crippen molar-refractivity contribution in [1.82, 2.24) is 0 Å². The lowest BCUT2D eigenvalue weighted by molar-refractivity contribution is -0.122. The zero-order valence-electron chi connectivity index (χ0n) is 18.9. The van der Waals surface area contributed by atoms with Crippen molar-refractivity contribution in [2.75, 3.05) is 24.3 Å². The first-order valence-electron chi connectivity index (χ1n) is 10.3. The average Bonchev–Trinajstić information content (AvgIpc) is 2.84. The van der Waals surface area contributed by atoms with Crippen molar-refractivity contribution in [1.29, 1.82) is 0 Å². The van der Waals surface area contributed by atoms with Crippen LogP contribution in [0.15, 0.2) is 71.6 Å². The van der Waals surface area contributed by atoms with E-state index < -0.39 is 16.1 Å². The molecule has 8 nitrogen and oxygen atoms in total. The summed E-state index contributed by atoms with van der Waals surface area (Å²) < 4.78 is 44.3. The number of amides is 1. The van der Waals surface area contributed by atoms with Gasteiger partial charge in [-0.25, -0.2) is 8.42 Å². The summed E-state index contributed by atoms with van der Waals surface area (Å²) in [5.41, 5.74) is 0.704. The fourth-order valence-corrected chi connectivity index (χ4v) is 4.22. The third-order valence-electron chi connectivity index (χ3n) is 4.84. The highest BCUT2D eigenvalue weighted by Crippen LogP contribution is 2.31. The zero-order valence-corrected chi connectivity index (χ0v) is 20.4. The zero-order chi connectivity index (χ0) is 24.7. The molecule has 0 bridgehead atoms. The van der Waals surface area contributed by atoms with E-state index in [0.717, 1.165) is 0 Å². The predicted octanol–water partition coefficient (Wildman–Crippen LogP) is 4.95. The van der Waals surface area contributed by atoms with Gasteiger partial charge in [0.2, 0.25) is 0 Å². The minimum Gasteiger partial charge on any atom is -0.497 e. The van der Waals surface area contributed by atoms with Crippen LogP contribution in [0.2, 0.25) is 5.02 Å². The third kappa shape index (κ3) is 6.33. The van der Waals surface area contributed by atoms with Gasteiger partial charge in [-0.3, -0.25) is 9.52 Å². The number of sulfonamides is 1. The van der Waals surface area contributed by atoms with E-state index in [0.29, 0.717) is 34.4 Å². The highest BCUT2D eigenvalue weighted by atomic mass is 35.5. The Bertz CT molecular complexity index is 1230. The molecule has 1 atom stereocenters. The third-order valence-corrected chi connectivity index (χ3v) is 6.47. The fraction of sp³-hybridized carbons (Fsp3) is 0.208. The highest BCUT2D eigenvalue weighted by Gasteiger charge is 2.20. The number of nitrogens with one attached hydrogen (secondary N) is 2. The number of rotatable bonds is 10. The molecule has 0 radical (unpaired) electrons. The molecule has 2 N–H and O–H groups in total. The summed E-state index contributed by atoms with van der Waals surface area (Å²) >= 11 is 5.88. The number of halogens is 1. The van der Waals surface area contributed by atoms with Gasteiger partial charge in [0.15, 0.2) is 6.10 Å². The van der Waals surface area contributed by atoms with Crippen LogP contribution in [0.4, 0.5) is 11.4 Å². The second kappa shape index (κ2) is 11.1. The van der Waals surface area contributed by atoms with Crippen molar-refractivity contribution in [3.05, 3.63) is 71.8 Å². The first kappa shape index (κ1) is 25.2. The van der Waals surface area contributed by atoms with Crippen LogP contribution in [0, 0.1) is 0 Å². The van der Waals surface area contributed by atoms with E-state index in [1.807, 2.05) is 6.92 Å². The first-order valence-corrected chi connectivity index (χ1v) is 12.2. The number of hydrogen-bond acceptors (Lipinski definition) is 6. The lowest BCUT2D eigenvalue weighted by Gasteiger charge is -2.17. The van der Waals surface area contributed by atoms with Gasteiger partial charge >= 0.3 is 0 Å². The number of methoxy groups -OCH3 is 2. The topological polar surface area (TPSA) is 103 Å². The summed E-state index contributed by atoms with van der Waals surface area (Å²) in [4.78, 5) is 12.7. The average molecular weight is 505 g/mol. The Morgan fingerprint density at radius 1 is 0.941 bits per heavy atom. The van der Waals surface area contributed by atoms with Crippen molar-refractivity contribution >= 4 is 38.9 Å². The molecule has 10 heteroatoms. The number of hydrogen-bond donors (Lipinski definition) is 2. The van der Waals surface area contributed by atoms with Crippen molar-refractivity contribution < 1.29 is 27.4 Å². The Morgan fingerprint density at radius 3 is 2.18 bits per heavy atom. The summed E-state index contributed by atoms with van der Waals surface area (Å²) in [5.74, 6) is 1.02. The molecule has 180 valence electrons. The number of ether oxygens (including phenoxy) is 3. The molecule has 0 aromatic heterocycles. The molecule has 0 heterocycles. The minimum absolute atomic E-state index is 0.0211. The molecule has 3 aromatic carbocycles. The number of carbonyl (C=O) groups excluding carboxylic acids is 1. The van der Waals surface area contributed by atoms with E-state index in [9.17, 15) is 13.2 Å². The quantitative estimate of drug-likeness (QED) is 0.405. The largest absolute Gasteiger partial charge is 0.497 e. The molecule has 0 saturated carbocycles. The van der Waals surface area contributed by atoms with Crippen LogP contribution in [0.5, 0.6) is 17.2 Å². The Morgan fingerprint density at radius 2 is 1.59 bits per heavy atom. The lowest BCUT2D eigenvalue weighted by atomic mass is 10.2. The molecule has 0 saturated heterocycles. The van der Waals surface area contributed by atoms with Crippen molar-refractivity contribution in [3.8, 4) is 17.2 Å². The van der Waals surface area contributed by atoms with Crippen LogP contribution < -0.4 is 24.2 Å². The molecule has 0 unspecified atom stereocenters. The van der Waals surface area contributed by atoms with E-state index in [4.69, 9.17) is 25.8 Å². The Kier molecular flexibility index (Phi) is 8.25. The van der Waals surface area contributed by atoms with Crippen molar-refractivity contribution in [3.63, 3.8) is 0 Å². The van der Waals surface area contributed by atoms with E-state index in [1.54, 1.807) is 42.5 Å². The highest BCUT2D eigenvalue weighted by molar-refractivity contribution is 7.92. The van der Waals surface area contributed by atoms with Crippen molar-refractivity contribution in [2.24, 2.45) is 0 Å². The first-order chi connectivity index (χ1) is 16.2. The molecule has 0 aliphatic rings. The number of carbonyl (C=O) groups is 1.